The van der Waals surface area contributed by atoms with Gasteiger partial charge in [-0.1, -0.05) is 0 Å². The number of nitrogens with zero attached hydrogens (tertiary/aromatic N) is 2. The second-order valence-electron chi connectivity index (χ2n) is 11.3. The van der Waals surface area contributed by atoms with Crippen LogP contribution >= 0.6 is 0 Å². The first-order valence-corrected chi connectivity index (χ1v) is 14.1. The van der Waals surface area contributed by atoms with E-state index in [1.807, 2.05) is 23.2 Å². The van der Waals surface area contributed by atoms with Crippen LogP contribution in [0, 0.1) is 5.92 Å². The Labute approximate surface area is 232 Å². The van der Waals surface area contributed by atoms with Crippen molar-refractivity contribution in [1.29, 1.82) is 0 Å². The van der Waals surface area contributed by atoms with E-state index in [-0.39, 0.29) is 35.5 Å². The zero-order valence-corrected chi connectivity index (χ0v) is 22.5. The molecule has 3 aliphatic heterocycles. The fourth-order valence-corrected chi connectivity index (χ4v) is 6.79. The predicted octanol–water partition coefficient (Wildman–Crippen LogP) is 4.14. The number of nitrogens with one attached hydrogen (secondary N) is 2. The number of methoxy groups -OCH3 is 1. The summed E-state index contributed by atoms with van der Waals surface area (Å²) in [6.45, 7) is 1.93. The van der Waals surface area contributed by atoms with Crippen molar-refractivity contribution >= 4 is 35.2 Å². The topological polar surface area (TPSA) is 109 Å². The molecular weight excluding hydrogens is 508 g/mol. The molecule has 206 valence electrons. The number of fused-ring (bicyclic) bond motifs is 3. The van der Waals surface area contributed by atoms with Crippen LogP contribution in [0.1, 0.15) is 64.8 Å². The van der Waals surface area contributed by atoms with Gasteiger partial charge in [-0.25, -0.2) is 0 Å². The lowest BCUT2D eigenvalue weighted by Gasteiger charge is -2.32. The van der Waals surface area contributed by atoms with Gasteiger partial charge in [-0.15, -0.1) is 0 Å². The van der Waals surface area contributed by atoms with Crippen molar-refractivity contribution < 1.29 is 23.9 Å². The van der Waals surface area contributed by atoms with Crippen LogP contribution in [0.5, 0.6) is 11.5 Å². The van der Waals surface area contributed by atoms with E-state index in [9.17, 15) is 14.4 Å². The third-order valence-electron chi connectivity index (χ3n) is 8.96. The number of carbonyl (C=O) groups excluding carboxylic acids is 3. The van der Waals surface area contributed by atoms with E-state index in [1.165, 1.54) is 0 Å². The third kappa shape index (κ3) is 3.98. The van der Waals surface area contributed by atoms with E-state index in [0.717, 1.165) is 55.6 Å². The molecule has 9 nitrogen and oxygen atoms in total. The SMILES string of the molecule is COc1cc2c(cc1OCCCC(=O)Nc1ccc3c(c1)C14CC1CNC4=CC3=O)N=C[C@@H]1CCCCN1C2=O. The second-order valence-corrected chi connectivity index (χ2v) is 11.3. The molecule has 1 saturated carbocycles. The Morgan fingerprint density at radius 1 is 1.18 bits per heavy atom. The van der Waals surface area contributed by atoms with E-state index < -0.39 is 0 Å². The summed E-state index contributed by atoms with van der Waals surface area (Å²) in [6, 6.07) is 9.08. The largest absolute Gasteiger partial charge is 0.493 e. The summed E-state index contributed by atoms with van der Waals surface area (Å²) in [4.78, 5) is 45.0. The summed E-state index contributed by atoms with van der Waals surface area (Å²) in [5.74, 6) is 1.36. The summed E-state index contributed by atoms with van der Waals surface area (Å²) < 4.78 is 11.5. The maximum absolute atomic E-state index is 13.2. The van der Waals surface area contributed by atoms with Crippen molar-refractivity contribution in [2.75, 3.05) is 32.1 Å². The number of rotatable bonds is 7. The first-order valence-electron chi connectivity index (χ1n) is 14.1. The minimum Gasteiger partial charge on any atom is -0.493 e. The van der Waals surface area contributed by atoms with Crippen LogP contribution in [0.2, 0.25) is 0 Å². The molecule has 3 atom stereocenters. The number of carbonyl (C=O) groups is 3. The third-order valence-corrected chi connectivity index (χ3v) is 8.96. The smallest absolute Gasteiger partial charge is 0.256 e. The monoisotopic (exact) mass is 540 g/mol. The quantitative estimate of drug-likeness (QED) is 0.511. The molecule has 2 aromatic carbocycles. The minimum atomic E-state index is -0.114. The molecule has 1 spiro atoms. The van der Waals surface area contributed by atoms with Crippen LogP contribution in [0.15, 0.2) is 47.1 Å². The van der Waals surface area contributed by atoms with Gasteiger partial charge in [0, 0.05) is 60.2 Å². The number of aliphatic imine (C=N–C) groups is 1. The van der Waals surface area contributed by atoms with Crippen molar-refractivity contribution in [3.63, 3.8) is 0 Å². The summed E-state index contributed by atoms with van der Waals surface area (Å²) in [5.41, 5.74) is 4.51. The highest BCUT2D eigenvalue weighted by Crippen LogP contribution is 2.63. The lowest BCUT2D eigenvalue weighted by atomic mass is 9.81. The number of hydrogen-bond donors (Lipinski definition) is 2. The van der Waals surface area contributed by atoms with Gasteiger partial charge in [-0.05, 0) is 67.9 Å². The number of amides is 2. The van der Waals surface area contributed by atoms with Crippen molar-refractivity contribution in [2.45, 2.75) is 50.0 Å². The van der Waals surface area contributed by atoms with Crippen molar-refractivity contribution in [1.82, 2.24) is 10.2 Å². The van der Waals surface area contributed by atoms with Crippen LogP contribution in [-0.2, 0) is 10.2 Å². The van der Waals surface area contributed by atoms with Crippen molar-refractivity contribution in [3.8, 4) is 11.5 Å². The fourth-order valence-electron chi connectivity index (χ4n) is 6.79. The zero-order valence-electron chi connectivity index (χ0n) is 22.5. The lowest BCUT2D eigenvalue weighted by Crippen LogP contribution is -2.43. The highest BCUT2D eigenvalue weighted by atomic mass is 16.5. The molecule has 2 unspecified atom stereocenters. The molecule has 0 bridgehead atoms. The van der Waals surface area contributed by atoms with Crippen LogP contribution in [0.3, 0.4) is 0 Å². The molecule has 40 heavy (non-hydrogen) atoms. The molecule has 2 aromatic rings. The molecule has 2 N–H and O–H groups in total. The molecule has 2 amide bonds. The number of anilines is 1. The number of ketones is 1. The van der Waals surface area contributed by atoms with E-state index in [1.54, 1.807) is 31.4 Å². The minimum absolute atomic E-state index is 0.0184. The highest BCUT2D eigenvalue weighted by Gasteiger charge is 2.63. The van der Waals surface area contributed by atoms with E-state index >= 15 is 0 Å². The Morgan fingerprint density at radius 2 is 2.08 bits per heavy atom. The maximum Gasteiger partial charge on any atom is 0.256 e. The van der Waals surface area contributed by atoms with E-state index in [4.69, 9.17) is 9.47 Å². The van der Waals surface area contributed by atoms with Gasteiger partial charge < -0.3 is 25.0 Å². The van der Waals surface area contributed by atoms with Crippen molar-refractivity contribution in [3.05, 3.63) is 58.8 Å². The normalized spacial score (nSPS) is 25.3. The molecule has 3 heterocycles. The number of benzene rings is 2. The van der Waals surface area contributed by atoms with Crippen LogP contribution in [-0.4, -0.2) is 61.6 Å². The van der Waals surface area contributed by atoms with Gasteiger partial charge in [0.2, 0.25) is 5.91 Å². The number of allylic oxidation sites excluding steroid dienone is 2. The average molecular weight is 541 g/mol. The van der Waals surface area contributed by atoms with E-state index in [0.29, 0.717) is 47.4 Å². The predicted molar refractivity (Wildman–Crippen MR) is 150 cm³/mol. The Balaban J connectivity index is 0.982. The van der Waals surface area contributed by atoms with Gasteiger partial charge >= 0.3 is 0 Å². The summed E-state index contributed by atoms with van der Waals surface area (Å²) in [7, 11) is 1.55. The van der Waals surface area contributed by atoms with Gasteiger partial charge in [-0.2, -0.15) is 0 Å². The van der Waals surface area contributed by atoms with Crippen molar-refractivity contribution in [2.24, 2.45) is 10.9 Å². The van der Waals surface area contributed by atoms with Gasteiger partial charge in [0.15, 0.2) is 17.3 Å². The van der Waals surface area contributed by atoms with Gasteiger partial charge in [-0.3, -0.25) is 19.4 Å². The first kappa shape index (κ1) is 24.9. The van der Waals surface area contributed by atoms with Crippen LogP contribution in [0.4, 0.5) is 11.4 Å². The second kappa shape index (κ2) is 9.50. The van der Waals surface area contributed by atoms with Gasteiger partial charge in [0.05, 0.1) is 31.0 Å². The molecule has 0 aromatic heterocycles. The molecule has 2 saturated heterocycles. The molecular formula is C31H32N4O5. The number of piperidine rings is 2. The molecule has 0 radical (unpaired) electrons. The zero-order chi connectivity index (χ0) is 27.4. The fraction of sp³-hybridized carbons (Fsp3) is 0.419. The molecule has 3 fully saturated rings. The average Bonchev–Trinajstić information content (AvgIpc) is 3.62. The standard InChI is InChI=1S/C31H32N4O5/c1-39-26-12-22-24(32-17-20-5-2-3-9-35(20)30(22)38)13-27(26)40-10-4-6-29(37)34-19-7-8-21-23(11-19)31-15-18(31)16-33-28(31)14-25(21)36/h7-8,11-14,17-18,20,33H,2-6,9-10,15-16H2,1H3,(H,34,37)/t18?,20-,31?/m0/s1. The first-order chi connectivity index (χ1) is 19.5. The summed E-state index contributed by atoms with van der Waals surface area (Å²) in [6.07, 6.45) is 8.43. The highest BCUT2D eigenvalue weighted by molar-refractivity contribution is 6.09. The molecule has 7 rings (SSSR count). The Morgan fingerprint density at radius 3 is 2.92 bits per heavy atom. The summed E-state index contributed by atoms with van der Waals surface area (Å²) >= 11 is 0. The molecule has 9 heteroatoms. The maximum atomic E-state index is 13.2. The Bertz CT molecular complexity index is 1500. The molecule has 2 aliphatic carbocycles. The lowest BCUT2D eigenvalue weighted by molar-refractivity contribution is -0.116. The number of ether oxygens (including phenoxy) is 2. The Kier molecular flexibility index (Phi) is 5.91. The van der Waals surface area contributed by atoms with Crippen LogP contribution in [0.25, 0.3) is 0 Å². The Hall–Kier alpha value is -4.14. The van der Waals surface area contributed by atoms with Crippen LogP contribution < -0.4 is 20.1 Å². The van der Waals surface area contributed by atoms with E-state index in [2.05, 4.69) is 15.6 Å². The summed E-state index contributed by atoms with van der Waals surface area (Å²) in [5, 5.41) is 6.36. The number of hydrogen-bond acceptors (Lipinski definition) is 7. The van der Waals surface area contributed by atoms with Gasteiger partial charge in [0.25, 0.3) is 5.91 Å². The van der Waals surface area contributed by atoms with Gasteiger partial charge in [0.1, 0.15) is 0 Å². The molecule has 5 aliphatic rings.